The minimum Gasteiger partial charge on any atom is -0.395 e. The quantitative estimate of drug-likeness (QED) is 0.795. The topological polar surface area (TPSA) is 55.8 Å². The van der Waals surface area contributed by atoms with Crippen molar-refractivity contribution in [1.82, 2.24) is 0 Å². The van der Waals surface area contributed by atoms with Gasteiger partial charge in [-0.15, -0.1) is 6.58 Å². The van der Waals surface area contributed by atoms with Crippen molar-refractivity contribution in [3.63, 3.8) is 0 Å². The molecule has 4 aliphatic rings. The van der Waals surface area contributed by atoms with E-state index >= 15 is 0 Å². The maximum Gasteiger partial charge on any atom is 0.160 e. The van der Waals surface area contributed by atoms with Crippen LogP contribution in [0.2, 0.25) is 0 Å². The Labute approximate surface area is 151 Å². The van der Waals surface area contributed by atoms with Crippen molar-refractivity contribution < 1.29 is 19.4 Å². The molecule has 140 valence electrons. The molecule has 2 heterocycles. The van der Waals surface area contributed by atoms with Gasteiger partial charge in [-0.05, 0) is 43.4 Å². The minimum atomic E-state index is -0.664. The number of fused-ring (bicyclic) bond motifs is 2. The number of ether oxygens (including phenoxy) is 2. The Balaban J connectivity index is 1.73. The summed E-state index contributed by atoms with van der Waals surface area (Å²) in [6, 6.07) is 0. The molecule has 25 heavy (non-hydrogen) atoms. The fourth-order valence-electron chi connectivity index (χ4n) is 6.68. The summed E-state index contributed by atoms with van der Waals surface area (Å²) in [7, 11) is 0. The van der Waals surface area contributed by atoms with Crippen molar-refractivity contribution in [2.24, 2.45) is 34.5 Å². The van der Waals surface area contributed by atoms with E-state index in [2.05, 4.69) is 20.4 Å². The molecular formula is C21H32O4. The zero-order valence-corrected chi connectivity index (χ0v) is 15.6. The van der Waals surface area contributed by atoms with E-state index in [0.29, 0.717) is 12.3 Å². The monoisotopic (exact) mass is 348 g/mol. The third-order valence-corrected chi connectivity index (χ3v) is 8.33. The molecule has 2 saturated heterocycles. The first-order valence-electron chi connectivity index (χ1n) is 10.0. The van der Waals surface area contributed by atoms with Gasteiger partial charge in [-0.3, -0.25) is 4.79 Å². The summed E-state index contributed by atoms with van der Waals surface area (Å²) in [5.74, 6) is 1.23. The molecule has 0 radical (unpaired) electrons. The minimum absolute atomic E-state index is 0.0611. The van der Waals surface area contributed by atoms with Crippen molar-refractivity contribution in [2.75, 3.05) is 13.2 Å². The Bertz CT molecular complexity index is 548. The maximum absolute atomic E-state index is 13.2. The van der Waals surface area contributed by atoms with Gasteiger partial charge >= 0.3 is 0 Å². The molecule has 0 amide bonds. The molecule has 0 aromatic rings. The van der Waals surface area contributed by atoms with Crippen LogP contribution in [0.4, 0.5) is 0 Å². The normalized spacial score (nSPS) is 52.7. The standard InChI is InChI=1S/C21H32O4/c1-4-15-6-5-7-16-20(3,13(2)10-17(23)21(15,16)12-22)18-11-14-8-9-24-19(14)25-18/h4,13-16,18-19,22H,1,5-12H2,2-3H3/t13-,14-,15+,16-,18+,19+,20+,21+/m1/s1. The number of ketones is 1. The second-order valence-corrected chi connectivity index (χ2v) is 9.07. The SMILES string of the molecule is C=C[C@H]1CCC[C@H]2[C@@]1(CO)C(=O)C[C@@H](C)[C@]2(C)[C@@H]1C[C@H]2CCO[C@H]2O1. The highest BCUT2D eigenvalue weighted by Gasteiger charge is 2.65. The summed E-state index contributed by atoms with van der Waals surface area (Å²) in [5.41, 5.74) is -0.769. The van der Waals surface area contributed by atoms with Crippen molar-refractivity contribution in [1.29, 1.82) is 0 Å². The van der Waals surface area contributed by atoms with Crippen molar-refractivity contribution in [3.05, 3.63) is 12.7 Å². The van der Waals surface area contributed by atoms with Crippen molar-refractivity contribution in [2.45, 2.75) is 64.8 Å². The molecule has 4 nitrogen and oxygen atoms in total. The summed E-state index contributed by atoms with van der Waals surface area (Å²) < 4.78 is 12.2. The first-order valence-corrected chi connectivity index (χ1v) is 10.0. The molecule has 8 atom stereocenters. The van der Waals surface area contributed by atoms with E-state index in [1.807, 2.05) is 6.08 Å². The first kappa shape index (κ1) is 17.7. The number of aliphatic hydroxyl groups is 1. The highest BCUT2D eigenvalue weighted by atomic mass is 16.7. The van der Waals surface area contributed by atoms with E-state index < -0.39 is 5.41 Å². The number of aliphatic hydroxyl groups excluding tert-OH is 1. The Morgan fingerprint density at radius 3 is 2.84 bits per heavy atom. The molecular weight excluding hydrogens is 316 g/mol. The molecule has 2 aliphatic heterocycles. The molecule has 0 aromatic heterocycles. The Morgan fingerprint density at radius 2 is 2.16 bits per heavy atom. The van der Waals surface area contributed by atoms with Gasteiger partial charge in [0.1, 0.15) is 5.78 Å². The third kappa shape index (κ3) is 2.26. The number of rotatable bonds is 3. The second-order valence-electron chi connectivity index (χ2n) is 9.07. The molecule has 0 bridgehead atoms. The smallest absolute Gasteiger partial charge is 0.160 e. The van der Waals surface area contributed by atoms with Gasteiger partial charge in [-0.1, -0.05) is 26.3 Å². The number of Topliss-reactive ketones (excluding diaryl/α,β-unsaturated/α-hetero) is 1. The number of hydrogen-bond acceptors (Lipinski definition) is 4. The summed E-state index contributed by atoms with van der Waals surface area (Å²) in [6.45, 7) is 9.26. The van der Waals surface area contributed by atoms with Crippen LogP contribution < -0.4 is 0 Å². The lowest BCUT2D eigenvalue weighted by atomic mass is 9.43. The van der Waals surface area contributed by atoms with Gasteiger partial charge in [-0.25, -0.2) is 0 Å². The van der Waals surface area contributed by atoms with Gasteiger partial charge in [0.2, 0.25) is 0 Å². The van der Waals surface area contributed by atoms with Crippen LogP contribution in [0.25, 0.3) is 0 Å². The maximum atomic E-state index is 13.2. The zero-order chi connectivity index (χ0) is 17.8. The van der Waals surface area contributed by atoms with Crippen LogP contribution in [0.3, 0.4) is 0 Å². The molecule has 4 heteroatoms. The van der Waals surface area contributed by atoms with Gasteiger partial charge in [0.25, 0.3) is 0 Å². The van der Waals surface area contributed by atoms with Crippen molar-refractivity contribution in [3.8, 4) is 0 Å². The van der Waals surface area contributed by atoms with Gasteiger partial charge < -0.3 is 14.6 Å². The highest BCUT2D eigenvalue weighted by Crippen LogP contribution is 2.63. The van der Waals surface area contributed by atoms with Gasteiger partial charge in [0.15, 0.2) is 6.29 Å². The van der Waals surface area contributed by atoms with E-state index in [-0.39, 0.29) is 48.0 Å². The van der Waals surface area contributed by atoms with Gasteiger partial charge in [0.05, 0.1) is 24.7 Å². The largest absolute Gasteiger partial charge is 0.395 e. The highest BCUT2D eigenvalue weighted by molar-refractivity contribution is 5.87. The summed E-state index contributed by atoms with van der Waals surface area (Å²) in [4.78, 5) is 13.2. The number of hydrogen-bond donors (Lipinski definition) is 1. The van der Waals surface area contributed by atoms with Crippen molar-refractivity contribution >= 4 is 5.78 Å². The predicted molar refractivity (Wildman–Crippen MR) is 94.8 cm³/mol. The van der Waals surface area contributed by atoms with Crippen LogP contribution in [-0.4, -0.2) is 36.5 Å². The molecule has 4 rings (SSSR count). The molecule has 0 aromatic carbocycles. The van der Waals surface area contributed by atoms with E-state index in [1.165, 1.54) is 0 Å². The average molecular weight is 348 g/mol. The molecule has 0 unspecified atom stereocenters. The Morgan fingerprint density at radius 1 is 1.36 bits per heavy atom. The van der Waals surface area contributed by atoms with Crippen LogP contribution in [0.15, 0.2) is 12.7 Å². The molecule has 0 spiro atoms. The second kappa shape index (κ2) is 6.17. The van der Waals surface area contributed by atoms with Crippen LogP contribution in [-0.2, 0) is 14.3 Å². The lowest BCUT2D eigenvalue weighted by Crippen LogP contribution is -2.63. The predicted octanol–water partition coefficient (Wildman–Crippen LogP) is 3.33. The van der Waals surface area contributed by atoms with Gasteiger partial charge in [-0.2, -0.15) is 0 Å². The zero-order valence-electron chi connectivity index (χ0n) is 15.6. The lowest BCUT2D eigenvalue weighted by molar-refractivity contribution is -0.206. The Hall–Kier alpha value is -0.710. The summed E-state index contributed by atoms with van der Waals surface area (Å²) in [6.07, 6.45) is 7.66. The number of carbonyl (C=O) groups excluding carboxylic acids is 1. The van der Waals surface area contributed by atoms with E-state index in [9.17, 15) is 9.90 Å². The van der Waals surface area contributed by atoms with E-state index in [4.69, 9.17) is 9.47 Å². The fourth-order valence-corrected chi connectivity index (χ4v) is 6.68. The van der Waals surface area contributed by atoms with Crippen LogP contribution in [0.5, 0.6) is 0 Å². The van der Waals surface area contributed by atoms with E-state index in [1.54, 1.807) is 0 Å². The fraction of sp³-hybridized carbons (Fsp3) is 0.857. The van der Waals surface area contributed by atoms with E-state index in [0.717, 1.165) is 38.7 Å². The molecule has 2 saturated carbocycles. The third-order valence-electron chi connectivity index (χ3n) is 8.33. The first-order chi connectivity index (χ1) is 12.0. The van der Waals surface area contributed by atoms with Gasteiger partial charge in [0, 0.05) is 17.8 Å². The summed E-state index contributed by atoms with van der Waals surface area (Å²) >= 11 is 0. The number of allylic oxidation sites excluding steroid dienone is 1. The average Bonchev–Trinajstić information content (AvgIpc) is 3.21. The van der Waals surface area contributed by atoms with Crippen LogP contribution >= 0.6 is 0 Å². The molecule has 2 aliphatic carbocycles. The summed E-state index contributed by atoms with van der Waals surface area (Å²) in [5, 5.41) is 10.4. The van der Waals surface area contributed by atoms with Crippen LogP contribution in [0, 0.1) is 34.5 Å². The van der Waals surface area contributed by atoms with Crippen LogP contribution in [0.1, 0.15) is 52.4 Å². The number of carbonyl (C=O) groups is 1. The molecule has 1 N–H and O–H groups in total. The lowest BCUT2D eigenvalue weighted by Gasteiger charge is -2.61. The molecule has 4 fully saturated rings. The Kier molecular flexibility index (Phi) is 4.37.